The topological polar surface area (TPSA) is 75.6 Å². The molecule has 0 heterocycles. The molecule has 5 nitrogen and oxygen atoms in total. The predicted molar refractivity (Wildman–Crippen MR) is 67.0 cm³/mol. The lowest BCUT2D eigenvalue weighted by Gasteiger charge is -2.09. The minimum atomic E-state index is -1.09. The SMILES string of the molecule is COc1ccc(C(=O)O)c(NC(=O)CSC)c1. The van der Waals surface area contributed by atoms with Crippen LogP contribution in [0.3, 0.4) is 0 Å². The molecule has 0 saturated heterocycles. The number of carbonyl (C=O) groups is 2. The van der Waals surface area contributed by atoms with Gasteiger partial charge in [-0.05, 0) is 18.4 Å². The summed E-state index contributed by atoms with van der Waals surface area (Å²) in [6.07, 6.45) is 1.79. The Balaban J connectivity index is 3.00. The quantitative estimate of drug-likeness (QED) is 0.837. The second-order valence-corrected chi connectivity index (χ2v) is 4.06. The average molecular weight is 255 g/mol. The third-order valence-corrected chi connectivity index (χ3v) is 2.56. The van der Waals surface area contributed by atoms with Crippen molar-refractivity contribution in [3.63, 3.8) is 0 Å². The van der Waals surface area contributed by atoms with Gasteiger partial charge in [0.15, 0.2) is 0 Å². The predicted octanol–water partition coefficient (Wildman–Crippen LogP) is 1.69. The van der Waals surface area contributed by atoms with Crippen molar-refractivity contribution in [2.45, 2.75) is 0 Å². The highest BCUT2D eigenvalue weighted by atomic mass is 32.2. The number of nitrogens with one attached hydrogen (secondary N) is 1. The van der Waals surface area contributed by atoms with Gasteiger partial charge in [-0.15, -0.1) is 0 Å². The minimum absolute atomic E-state index is 0.0419. The smallest absolute Gasteiger partial charge is 0.337 e. The van der Waals surface area contributed by atoms with Gasteiger partial charge in [0.25, 0.3) is 0 Å². The first-order chi connectivity index (χ1) is 8.08. The Hall–Kier alpha value is -1.69. The first-order valence-electron chi connectivity index (χ1n) is 4.78. The highest BCUT2D eigenvalue weighted by Crippen LogP contribution is 2.22. The van der Waals surface area contributed by atoms with Gasteiger partial charge in [-0.2, -0.15) is 11.8 Å². The number of carbonyl (C=O) groups excluding carboxylic acids is 1. The molecule has 17 heavy (non-hydrogen) atoms. The van der Waals surface area contributed by atoms with Crippen molar-refractivity contribution in [1.82, 2.24) is 0 Å². The molecule has 1 aromatic carbocycles. The summed E-state index contributed by atoms with van der Waals surface area (Å²) < 4.78 is 4.98. The zero-order chi connectivity index (χ0) is 12.8. The number of amides is 1. The molecule has 0 aliphatic rings. The largest absolute Gasteiger partial charge is 0.497 e. The van der Waals surface area contributed by atoms with E-state index >= 15 is 0 Å². The lowest BCUT2D eigenvalue weighted by Crippen LogP contribution is -2.16. The number of hydrogen-bond acceptors (Lipinski definition) is 4. The number of ether oxygens (including phenoxy) is 1. The molecule has 0 fully saturated rings. The fraction of sp³-hybridized carbons (Fsp3) is 0.273. The third-order valence-electron chi connectivity index (χ3n) is 2.01. The lowest BCUT2D eigenvalue weighted by molar-refractivity contribution is -0.113. The number of benzene rings is 1. The van der Waals surface area contributed by atoms with Gasteiger partial charge >= 0.3 is 5.97 Å². The van der Waals surface area contributed by atoms with Gasteiger partial charge in [-0.25, -0.2) is 4.79 Å². The maximum atomic E-state index is 11.4. The van der Waals surface area contributed by atoms with E-state index in [4.69, 9.17) is 9.84 Å². The average Bonchev–Trinajstić information content (AvgIpc) is 2.28. The Kier molecular flexibility index (Phi) is 4.84. The standard InChI is InChI=1S/C11H13NO4S/c1-16-7-3-4-8(11(14)15)9(5-7)12-10(13)6-17-2/h3-5H,6H2,1-2H3,(H,12,13)(H,14,15). The van der Waals surface area contributed by atoms with Gasteiger partial charge in [-0.1, -0.05) is 0 Å². The van der Waals surface area contributed by atoms with Crippen LogP contribution in [0.4, 0.5) is 5.69 Å². The van der Waals surface area contributed by atoms with E-state index in [-0.39, 0.29) is 22.9 Å². The second-order valence-electron chi connectivity index (χ2n) is 3.20. The van der Waals surface area contributed by atoms with E-state index in [0.29, 0.717) is 5.75 Å². The van der Waals surface area contributed by atoms with Gasteiger partial charge in [-0.3, -0.25) is 4.79 Å². The van der Waals surface area contributed by atoms with Crippen molar-refractivity contribution >= 4 is 29.3 Å². The van der Waals surface area contributed by atoms with E-state index in [9.17, 15) is 9.59 Å². The van der Waals surface area contributed by atoms with Gasteiger partial charge < -0.3 is 15.2 Å². The van der Waals surface area contributed by atoms with E-state index in [0.717, 1.165) is 0 Å². The van der Waals surface area contributed by atoms with Crippen molar-refractivity contribution in [1.29, 1.82) is 0 Å². The molecule has 1 amide bonds. The van der Waals surface area contributed by atoms with Crippen LogP contribution in [0.1, 0.15) is 10.4 Å². The molecule has 0 radical (unpaired) electrons. The Bertz CT molecular complexity index is 433. The Labute approximate surface area is 103 Å². The molecule has 0 aromatic heterocycles. The van der Waals surface area contributed by atoms with Crippen LogP contribution in [0.25, 0.3) is 0 Å². The van der Waals surface area contributed by atoms with Crippen molar-refractivity contribution in [3.8, 4) is 5.75 Å². The fourth-order valence-electron chi connectivity index (χ4n) is 1.26. The molecule has 0 aliphatic heterocycles. The van der Waals surface area contributed by atoms with Crippen LogP contribution in [-0.2, 0) is 4.79 Å². The summed E-state index contributed by atoms with van der Waals surface area (Å²) in [6.45, 7) is 0. The Morgan fingerprint density at radius 3 is 2.71 bits per heavy atom. The number of carboxylic acid groups (broad SMARTS) is 1. The van der Waals surface area contributed by atoms with E-state index in [1.807, 2.05) is 0 Å². The molecule has 0 unspecified atom stereocenters. The van der Waals surface area contributed by atoms with Crippen molar-refractivity contribution in [2.24, 2.45) is 0 Å². The Morgan fingerprint density at radius 2 is 2.18 bits per heavy atom. The molecule has 6 heteroatoms. The molecule has 1 aromatic rings. The van der Waals surface area contributed by atoms with Crippen LogP contribution in [0.15, 0.2) is 18.2 Å². The molecule has 0 saturated carbocycles. The normalized spacial score (nSPS) is 9.76. The molecule has 2 N–H and O–H groups in total. The molecule has 0 atom stereocenters. The van der Waals surface area contributed by atoms with Crippen LogP contribution in [0, 0.1) is 0 Å². The third kappa shape index (κ3) is 3.67. The number of methoxy groups -OCH3 is 1. The van der Waals surface area contributed by atoms with Crippen molar-refractivity contribution in [3.05, 3.63) is 23.8 Å². The lowest BCUT2D eigenvalue weighted by atomic mass is 10.1. The fourth-order valence-corrected chi connectivity index (χ4v) is 1.59. The minimum Gasteiger partial charge on any atom is -0.497 e. The zero-order valence-corrected chi connectivity index (χ0v) is 10.3. The van der Waals surface area contributed by atoms with Crippen LogP contribution in [-0.4, -0.2) is 36.1 Å². The molecule has 1 rings (SSSR count). The second kappa shape index (κ2) is 6.15. The maximum Gasteiger partial charge on any atom is 0.337 e. The van der Waals surface area contributed by atoms with E-state index < -0.39 is 5.97 Å². The van der Waals surface area contributed by atoms with Gasteiger partial charge in [0.1, 0.15) is 5.75 Å². The summed E-state index contributed by atoms with van der Waals surface area (Å²) in [6, 6.07) is 4.42. The summed E-state index contributed by atoms with van der Waals surface area (Å²) in [4.78, 5) is 22.4. The molecule has 0 spiro atoms. The Morgan fingerprint density at radius 1 is 1.47 bits per heavy atom. The van der Waals surface area contributed by atoms with Crippen molar-refractivity contribution < 1.29 is 19.4 Å². The van der Waals surface area contributed by atoms with E-state index in [1.54, 1.807) is 6.26 Å². The number of aromatic carboxylic acids is 1. The van der Waals surface area contributed by atoms with E-state index in [1.165, 1.54) is 37.1 Å². The summed E-state index contributed by atoms with van der Waals surface area (Å²) in [7, 11) is 1.48. The molecular weight excluding hydrogens is 242 g/mol. The first-order valence-corrected chi connectivity index (χ1v) is 6.18. The highest BCUT2D eigenvalue weighted by Gasteiger charge is 2.13. The number of carboxylic acids is 1. The summed E-state index contributed by atoms with van der Waals surface area (Å²) >= 11 is 1.36. The van der Waals surface area contributed by atoms with Gasteiger partial charge in [0.05, 0.1) is 24.1 Å². The zero-order valence-electron chi connectivity index (χ0n) is 9.52. The highest BCUT2D eigenvalue weighted by molar-refractivity contribution is 7.99. The van der Waals surface area contributed by atoms with Crippen LogP contribution >= 0.6 is 11.8 Å². The molecule has 92 valence electrons. The summed E-state index contributed by atoms with van der Waals surface area (Å²) in [5.74, 6) is -0.564. The van der Waals surface area contributed by atoms with Crippen LogP contribution < -0.4 is 10.1 Å². The van der Waals surface area contributed by atoms with Gasteiger partial charge in [0.2, 0.25) is 5.91 Å². The molecule has 0 aliphatic carbocycles. The number of thioether (sulfide) groups is 1. The van der Waals surface area contributed by atoms with Crippen molar-refractivity contribution in [2.75, 3.05) is 24.4 Å². The number of hydrogen-bond donors (Lipinski definition) is 2. The molecule has 0 bridgehead atoms. The molecular formula is C11H13NO4S. The van der Waals surface area contributed by atoms with Crippen LogP contribution in [0.5, 0.6) is 5.75 Å². The number of rotatable bonds is 5. The van der Waals surface area contributed by atoms with E-state index in [2.05, 4.69) is 5.32 Å². The number of anilines is 1. The van der Waals surface area contributed by atoms with Crippen LogP contribution in [0.2, 0.25) is 0 Å². The van der Waals surface area contributed by atoms with Gasteiger partial charge in [0, 0.05) is 6.07 Å². The maximum absolute atomic E-state index is 11.4. The monoisotopic (exact) mass is 255 g/mol. The summed E-state index contributed by atoms with van der Waals surface area (Å²) in [5.41, 5.74) is 0.288. The summed E-state index contributed by atoms with van der Waals surface area (Å²) in [5, 5.41) is 11.5. The first kappa shape index (κ1) is 13.4.